The number of aryl methyl sites for hydroxylation is 1. The lowest BCUT2D eigenvalue weighted by molar-refractivity contribution is -0.114. The SMILES string of the molecule is CC(=O)Nc1cc(C2CC2)cn(CCCN2CCOCC2)c1=O. The van der Waals surface area contributed by atoms with Crippen LogP contribution in [0.5, 0.6) is 0 Å². The van der Waals surface area contributed by atoms with E-state index in [0.717, 1.165) is 39.3 Å². The van der Waals surface area contributed by atoms with E-state index in [4.69, 9.17) is 4.74 Å². The van der Waals surface area contributed by atoms with Crippen LogP contribution < -0.4 is 10.9 Å². The number of nitrogens with zero attached hydrogens (tertiary/aromatic N) is 2. The zero-order valence-electron chi connectivity index (χ0n) is 13.7. The molecular weight excluding hydrogens is 294 g/mol. The Kier molecular flexibility index (Phi) is 5.13. The first-order valence-corrected chi connectivity index (χ1v) is 8.45. The van der Waals surface area contributed by atoms with Crippen molar-refractivity contribution in [2.75, 3.05) is 38.2 Å². The lowest BCUT2D eigenvalue weighted by Crippen LogP contribution is -2.37. The van der Waals surface area contributed by atoms with Gasteiger partial charge in [-0.2, -0.15) is 0 Å². The summed E-state index contributed by atoms with van der Waals surface area (Å²) in [5, 5.41) is 2.68. The van der Waals surface area contributed by atoms with Crippen molar-refractivity contribution in [3.8, 4) is 0 Å². The molecule has 1 saturated carbocycles. The summed E-state index contributed by atoms with van der Waals surface area (Å²) in [6.45, 7) is 6.62. The first-order chi connectivity index (χ1) is 11.1. The number of pyridine rings is 1. The molecule has 126 valence electrons. The molecule has 1 N–H and O–H groups in total. The van der Waals surface area contributed by atoms with E-state index in [1.165, 1.54) is 25.3 Å². The molecule has 6 heteroatoms. The van der Waals surface area contributed by atoms with Gasteiger partial charge in [0.15, 0.2) is 0 Å². The maximum absolute atomic E-state index is 12.5. The second-order valence-corrected chi connectivity index (χ2v) is 6.45. The minimum Gasteiger partial charge on any atom is -0.379 e. The number of aromatic nitrogens is 1. The van der Waals surface area contributed by atoms with Crippen LogP contribution >= 0.6 is 0 Å². The molecule has 0 unspecified atom stereocenters. The van der Waals surface area contributed by atoms with Gasteiger partial charge in [0.2, 0.25) is 5.91 Å². The second kappa shape index (κ2) is 7.27. The predicted octanol–water partition coefficient (Wildman–Crippen LogP) is 1.41. The van der Waals surface area contributed by atoms with Gasteiger partial charge in [-0.05, 0) is 36.8 Å². The van der Waals surface area contributed by atoms with E-state index in [9.17, 15) is 9.59 Å². The third-order valence-corrected chi connectivity index (χ3v) is 4.44. The molecule has 6 nitrogen and oxygen atoms in total. The fourth-order valence-corrected chi connectivity index (χ4v) is 3.03. The zero-order valence-corrected chi connectivity index (χ0v) is 13.7. The summed E-state index contributed by atoms with van der Waals surface area (Å²) in [5.74, 6) is 0.350. The third-order valence-electron chi connectivity index (χ3n) is 4.44. The molecule has 1 saturated heterocycles. The molecule has 1 aliphatic carbocycles. The van der Waals surface area contributed by atoms with E-state index >= 15 is 0 Å². The molecule has 2 heterocycles. The summed E-state index contributed by atoms with van der Waals surface area (Å²) in [4.78, 5) is 26.2. The molecule has 0 spiro atoms. The highest BCUT2D eigenvalue weighted by Gasteiger charge is 2.25. The summed E-state index contributed by atoms with van der Waals surface area (Å²) in [6.07, 6.45) is 5.25. The molecular formula is C17H25N3O3. The topological polar surface area (TPSA) is 63.6 Å². The molecule has 1 aromatic heterocycles. The summed E-state index contributed by atoms with van der Waals surface area (Å²) in [6, 6.07) is 1.85. The van der Waals surface area contributed by atoms with Gasteiger partial charge in [-0.3, -0.25) is 14.5 Å². The van der Waals surface area contributed by atoms with Crippen molar-refractivity contribution in [3.63, 3.8) is 0 Å². The number of hydrogen-bond acceptors (Lipinski definition) is 4. The van der Waals surface area contributed by atoms with Gasteiger partial charge < -0.3 is 14.6 Å². The van der Waals surface area contributed by atoms with Crippen LogP contribution in [0.4, 0.5) is 5.69 Å². The zero-order chi connectivity index (χ0) is 16.2. The van der Waals surface area contributed by atoms with Gasteiger partial charge in [0.1, 0.15) is 5.69 Å². The largest absolute Gasteiger partial charge is 0.379 e. The van der Waals surface area contributed by atoms with E-state index in [-0.39, 0.29) is 11.5 Å². The number of nitrogens with one attached hydrogen (secondary N) is 1. The maximum atomic E-state index is 12.5. The summed E-state index contributed by atoms with van der Waals surface area (Å²) >= 11 is 0. The van der Waals surface area contributed by atoms with Gasteiger partial charge >= 0.3 is 0 Å². The van der Waals surface area contributed by atoms with Gasteiger partial charge in [-0.25, -0.2) is 0 Å². The fourth-order valence-electron chi connectivity index (χ4n) is 3.03. The molecule has 0 bridgehead atoms. The van der Waals surface area contributed by atoms with E-state index in [2.05, 4.69) is 10.2 Å². The number of ether oxygens (including phenoxy) is 1. The van der Waals surface area contributed by atoms with Crippen molar-refractivity contribution in [2.24, 2.45) is 0 Å². The van der Waals surface area contributed by atoms with Crippen molar-refractivity contribution in [1.29, 1.82) is 0 Å². The number of morpholine rings is 1. The Bertz CT molecular complexity index is 616. The van der Waals surface area contributed by atoms with Crippen LogP contribution in [0.1, 0.15) is 37.7 Å². The summed E-state index contributed by atoms with van der Waals surface area (Å²) in [7, 11) is 0. The second-order valence-electron chi connectivity index (χ2n) is 6.45. The van der Waals surface area contributed by atoms with Crippen molar-refractivity contribution < 1.29 is 9.53 Å². The number of amides is 1. The summed E-state index contributed by atoms with van der Waals surface area (Å²) in [5.41, 5.74) is 1.47. The smallest absolute Gasteiger partial charge is 0.274 e. The predicted molar refractivity (Wildman–Crippen MR) is 88.9 cm³/mol. The lowest BCUT2D eigenvalue weighted by Gasteiger charge is -2.26. The molecule has 0 atom stereocenters. The van der Waals surface area contributed by atoms with E-state index in [0.29, 0.717) is 18.2 Å². The molecule has 1 amide bonds. The first-order valence-electron chi connectivity index (χ1n) is 8.45. The van der Waals surface area contributed by atoms with Crippen molar-refractivity contribution in [1.82, 2.24) is 9.47 Å². The highest BCUT2D eigenvalue weighted by atomic mass is 16.5. The monoisotopic (exact) mass is 319 g/mol. The maximum Gasteiger partial charge on any atom is 0.274 e. The van der Waals surface area contributed by atoms with E-state index in [1.807, 2.05) is 12.3 Å². The van der Waals surface area contributed by atoms with Crippen LogP contribution in [-0.2, 0) is 16.1 Å². The number of carbonyl (C=O) groups is 1. The van der Waals surface area contributed by atoms with Crippen LogP contribution in [0.25, 0.3) is 0 Å². The first kappa shape index (κ1) is 16.2. The van der Waals surface area contributed by atoms with E-state index in [1.54, 1.807) is 4.57 Å². The molecule has 0 aromatic carbocycles. The van der Waals surface area contributed by atoms with E-state index < -0.39 is 0 Å². The van der Waals surface area contributed by atoms with Crippen LogP contribution in [0.2, 0.25) is 0 Å². The van der Waals surface area contributed by atoms with Crippen LogP contribution in [0.15, 0.2) is 17.1 Å². The minimum atomic E-state index is -0.199. The summed E-state index contributed by atoms with van der Waals surface area (Å²) < 4.78 is 7.11. The van der Waals surface area contributed by atoms with Gasteiger partial charge in [-0.15, -0.1) is 0 Å². The molecule has 23 heavy (non-hydrogen) atoms. The third kappa shape index (κ3) is 4.42. The highest BCUT2D eigenvalue weighted by molar-refractivity contribution is 5.88. The van der Waals surface area contributed by atoms with Gasteiger partial charge in [0, 0.05) is 39.3 Å². The molecule has 2 aliphatic rings. The van der Waals surface area contributed by atoms with Gasteiger partial charge in [0.05, 0.1) is 13.2 Å². The molecule has 3 rings (SSSR count). The standard InChI is InChI=1S/C17H25N3O3/c1-13(21)18-16-11-15(14-3-4-14)12-20(17(16)22)6-2-5-19-7-9-23-10-8-19/h11-12,14H,2-10H2,1H3,(H,18,21). The quantitative estimate of drug-likeness (QED) is 0.861. The lowest BCUT2D eigenvalue weighted by atomic mass is 10.1. The van der Waals surface area contributed by atoms with Gasteiger partial charge in [-0.1, -0.05) is 0 Å². The van der Waals surface area contributed by atoms with Crippen molar-refractivity contribution in [3.05, 3.63) is 28.2 Å². The Morgan fingerprint density at radius 1 is 1.30 bits per heavy atom. The normalized spacial score (nSPS) is 18.8. The van der Waals surface area contributed by atoms with Crippen LogP contribution in [-0.4, -0.2) is 48.2 Å². The average Bonchev–Trinajstić information content (AvgIpc) is 3.36. The Morgan fingerprint density at radius 3 is 2.70 bits per heavy atom. The van der Waals surface area contributed by atoms with Crippen LogP contribution in [0, 0.1) is 0 Å². The van der Waals surface area contributed by atoms with Gasteiger partial charge in [0.25, 0.3) is 5.56 Å². The number of anilines is 1. The molecule has 1 aliphatic heterocycles. The number of rotatable bonds is 6. The number of carbonyl (C=O) groups excluding carboxylic acids is 1. The fraction of sp³-hybridized carbons (Fsp3) is 0.647. The van der Waals surface area contributed by atoms with Crippen LogP contribution in [0.3, 0.4) is 0 Å². The van der Waals surface area contributed by atoms with Crippen molar-refractivity contribution in [2.45, 2.75) is 38.6 Å². The Morgan fingerprint density at radius 2 is 2.04 bits per heavy atom. The minimum absolute atomic E-state index is 0.105. The Hall–Kier alpha value is -1.66. The molecule has 1 aromatic rings. The highest BCUT2D eigenvalue weighted by Crippen LogP contribution is 2.40. The average molecular weight is 319 g/mol. The Labute approximate surface area is 136 Å². The molecule has 0 radical (unpaired) electrons. The van der Waals surface area contributed by atoms with Crippen molar-refractivity contribution >= 4 is 11.6 Å². The Balaban J connectivity index is 1.67. The number of hydrogen-bond donors (Lipinski definition) is 1. The molecule has 2 fully saturated rings.